The zero-order valence-corrected chi connectivity index (χ0v) is 14.1. The van der Waals surface area contributed by atoms with Crippen LogP contribution in [0.5, 0.6) is 0 Å². The summed E-state index contributed by atoms with van der Waals surface area (Å²) in [7, 11) is 0. The summed E-state index contributed by atoms with van der Waals surface area (Å²) in [5.74, 6) is 0.879. The van der Waals surface area contributed by atoms with Crippen molar-refractivity contribution in [3.63, 3.8) is 0 Å². The number of aromatic amines is 1. The van der Waals surface area contributed by atoms with Crippen LogP contribution in [0.4, 0.5) is 0 Å². The van der Waals surface area contributed by atoms with E-state index < -0.39 is 5.60 Å². The molecule has 5 heteroatoms. The van der Waals surface area contributed by atoms with Crippen molar-refractivity contribution in [2.45, 2.75) is 45.6 Å². The minimum atomic E-state index is -0.632. The maximum atomic E-state index is 12.6. The Morgan fingerprint density at radius 3 is 2.74 bits per heavy atom. The van der Waals surface area contributed by atoms with Crippen molar-refractivity contribution in [3.8, 4) is 0 Å². The van der Waals surface area contributed by atoms with Gasteiger partial charge in [-0.25, -0.2) is 4.98 Å². The zero-order valence-electron chi connectivity index (χ0n) is 14.1. The van der Waals surface area contributed by atoms with Gasteiger partial charge in [-0.15, -0.1) is 0 Å². The Kier molecular flexibility index (Phi) is 4.15. The summed E-state index contributed by atoms with van der Waals surface area (Å²) in [6.07, 6.45) is 2.67. The summed E-state index contributed by atoms with van der Waals surface area (Å²) >= 11 is 0. The van der Waals surface area contributed by atoms with Crippen molar-refractivity contribution in [2.24, 2.45) is 5.92 Å². The largest absolute Gasteiger partial charge is 0.390 e. The molecule has 0 saturated carbocycles. The van der Waals surface area contributed by atoms with E-state index in [9.17, 15) is 9.90 Å². The molecule has 1 aromatic carbocycles. The number of imidazole rings is 1. The second-order valence-electron chi connectivity index (χ2n) is 7.36. The van der Waals surface area contributed by atoms with Gasteiger partial charge in [0.15, 0.2) is 5.82 Å². The number of amides is 1. The first kappa shape index (κ1) is 16.0. The molecule has 2 aromatic rings. The Hall–Kier alpha value is -1.88. The normalized spacial score (nSPS) is 17.0. The number of fused-ring (bicyclic) bond motifs is 1. The smallest absolute Gasteiger partial charge is 0.289 e. The lowest BCUT2D eigenvalue weighted by Crippen LogP contribution is -2.40. The van der Waals surface area contributed by atoms with Crippen molar-refractivity contribution < 1.29 is 9.90 Å². The predicted molar refractivity (Wildman–Crippen MR) is 90.4 cm³/mol. The lowest BCUT2D eigenvalue weighted by atomic mass is 9.86. The second kappa shape index (κ2) is 5.96. The van der Waals surface area contributed by atoms with Gasteiger partial charge in [-0.3, -0.25) is 4.79 Å². The quantitative estimate of drug-likeness (QED) is 0.915. The number of aliphatic hydroxyl groups is 1. The average molecular weight is 315 g/mol. The first-order valence-electron chi connectivity index (χ1n) is 8.30. The maximum Gasteiger partial charge on any atom is 0.289 e. The number of nitrogens with zero attached hydrogens (tertiary/aromatic N) is 2. The maximum absolute atomic E-state index is 12.6. The molecule has 0 spiro atoms. The van der Waals surface area contributed by atoms with Crippen molar-refractivity contribution in [3.05, 3.63) is 29.6 Å². The van der Waals surface area contributed by atoms with E-state index in [2.05, 4.69) is 9.97 Å². The van der Waals surface area contributed by atoms with Gasteiger partial charge in [-0.1, -0.05) is 6.07 Å². The number of aryl methyl sites for hydroxylation is 1. The van der Waals surface area contributed by atoms with Gasteiger partial charge >= 0.3 is 0 Å². The molecule has 1 aliphatic heterocycles. The molecule has 2 heterocycles. The van der Waals surface area contributed by atoms with Gasteiger partial charge < -0.3 is 15.0 Å². The minimum Gasteiger partial charge on any atom is -0.390 e. The number of hydrogen-bond acceptors (Lipinski definition) is 3. The lowest BCUT2D eigenvalue weighted by Gasteiger charge is -2.34. The summed E-state index contributed by atoms with van der Waals surface area (Å²) in [4.78, 5) is 22.1. The molecular formula is C18H25N3O2. The Morgan fingerprint density at radius 1 is 1.39 bits per heavy atom. The molecule has 124 valence electrons. The van der Waals surface area contributed by atoms with Crippen LogP contribution in [-0.2, 0) is 0 Å². The number of piperidine rings is 1. The molecule has 3 rings (SSSR count). The van der Waals surface area contributed by atoms with E-state index in [-0.39, 0.29) is 5.91 Å². The third kappa shape index (κ3) is 3.72. The van der Waals surface area contributed by atoms with Gasteiger partial charge in [0, 0.05) is 13.1 Å². The van der Waals surface area contributed by atoms with Crippen LogP contribution in [0.3, 0.4) is 0 Å². The summed E-state index contributed by atoms with van der Waals surface area (Å²) < 4.78 is 0. The molecular weight excluding hydrogens is 290 g/mol. The van der Waals surface area contributed by atoms with Gasteiger partial charge in [-0.05, 0) is 63.6 Å². The highest BCUT2D eigenvalue weighted by Gasteiger charge is 2.28. The fraction of sp³-hybridized carbons (Fsp3) is 0.556. The molecule has 0 unspecified atom stereocenters. The molecule has 0 atom stereocenters. The summed E-state index contributed by atoms with van der Waals surface area (Å²) in [5.41, 5.74) is 2.25. The first-order chi connectivity index (χ1) is 10.8. The molecule has 5 nitrogen and oxygen atoms in total. The number of carbonyl (C=O) groups excluding carboxylic acids is 1. The molecule has 1 fully saturated rings. The van der Waals surface area contributed by atoms with E-state index in [0.29, 0.717) is 11.7 Å². The Morgan fingerprint density at radius 2 is 2.09 bits per heavy atom. The zero-order chi connectivity index (χ0) is 16.6. The molecule has 0 bridgehead atoms. The lowest BCUT2D eigenvalue weighted by molar-refractivity contribution is 0.0355. The fourth-order valence-electron chi connectivity index (χ4n) is 3.42. The standard InChI is InChI=1S/C18H25N3O2/c1-12-4-5-14-15(10-12)20-16(19-14)17(22)21-8-6-13(7-9-21)11-18(2,3)23/h4-5,10,13,23H,6-9,11H2,1-3H3,(H,19,20). The molecule has 1 aromatic heterocycles. The minimum absolute atomic E-state index is 0.0273. The Labute approximate surface area is 136 Å². The number of rotatable bonds is 3. The Balaban J connectivity index is 1.66. The molecule has 0 radical (unpaired) electrons. The van der Waals surface area contributed by atoms with Crippen LogP contribution in [-0.4, -0.2) is 44.6 Å². The number of hydrogen-bond donors (Lipinski definition) is 2. The number of carbonyl (C=O) groups is 1. The number of benzene rings is 1. The van der Waals surface area contributed by atoms with Gasteiger partial charge in [-0.2, -0.15) is 0 Å². The highest BCUT2D eigenvalue weighted by atomic mass is 16.3. The fourth-order valence-corrected chi connectivity index (χ4v) is 3.42. The molecule has 1 amide bonds. The first-order valence-corrected chi connectivity index (χ1v) is 8.30. The van der Waals surface area contributed by atoms with Crippen LogP contribution < -0.4 is 0 Å². The summed E-state index contributed by atoms with van der Waals surface area (Å²) in [6, 6.07) is 5.95. The SMILES string of the molecule is Cc1ccc2nc(C(=O)N3CCC(CC(C)(C)O)CC3)[nH]c2c1. The van der Waals surface area contributed by atoms with Crippen molar-refractivity contribution in [1.29, 1.82) is 0 Å². The van der Waals surface area contributed by atoms with Crippen LogP contribution in [0.2, 0.25) is 0 Å². The second-order valence-corrected chi connectivity index (χ2v) is 7.36. The van der Waals surface area contributed by atoms with E-state index in [1.165, 1.54) is 0 Å². The predicted octanol–water partition coefficient (Wildman–Crippen LogP) is 2.88. The van der Waals surface area contributed by atoms with Gasteiger partial charge in [0.1, 0.15) is 0 Å². The Bertz CT molecular complexity index is 707. The van der Waals surface area contributed by atoms with Crippen molar-refractivity contribution in [2.75, 3.05) is 13.1 Å². The third-order valence-corrected chi connectivity index (χ3v) is 4.53. The van der Waals surface area contributed by atoms with E-state index in [1.54, 1.807) is 0 Å². The molecule has 2 N–H and O–H groups in total. The van der Waals surface area contributed by atoms with E-state index in [4.69, 9.17) is 0 Å². The number of aromatic nitrogens is 2. The average Bonchev–Trinajstić information content (AvgIpc) is 2.88. The molecule has 1 aliphatic rings. The van der Waals surface area contributed by atoms with Crippen LogP contribution >= 0.6 is 0 Å². The highest BCUT2D eigenvalue weighted by molar-refractivity contribution is 5.94. The monoisotopic (exact) mass is 315 g/mol. The van der Waals surface area contributed by atoms with Crippen LogP contribution in [0, 0.1) is 12.8 Å². The van der Waals surface area contributed by atoms with Crippen molar-refractivity contribution in [1.82, 2.24) is 14.9 Å². The highest BCUT2D eigenvalue weighted by Crippen LogP contribution is 2.26. The van der Waals surface area contributed by atoms with Gasteiger partial charge in [0.05, 0.1) is 16.6 Å². The van der Waals surface area contributed by atoms with Gasteiger partial charge in [0.25, 0.3) is 5.91 Å². The number of nitrogens with one attached hydrogen (secondary N) is 1. The van der Waals surface area contributed by atoms with E-state index in [1.807, 2.05) is 43.9 Å². The molecule has 1 saturated heterocycles. The number of likely N-dealkylation sites (tertiary alicyclic amines) is 1. The van der Waals surface area contributed by atoms with E-state index in [0.717, 1.165) is 48.9 Å². The van der Waals surface area contributed by atoms with Crippen LogP contribution in [0.1, 0.15) is 49.3 Å². The van der Waals surface area contributed by atoms with Gasteiger partial charge in [0.2, 0.25) is 0 Å². The summed E-state index contributed by atoms with van der Waals surface area (Å²) in [6.45, 7) is 7.18. The summed E-state index contributed by atoms with van der Waals surface area (Å²) in [5, 5.41) is 9.93. The van der Waals surface area contributed by atoms with Crippen LogP contribution in [0.15, 0.2) is 18.2 Å². The third-order valence-electron chi connectivity index (χ3n) is 4.53. The topological polar surface area (TPSA) is 69.2 Å². The number of H-pyrrole nitrogens is 1. The van der Waals surface area contributed by atoms with E-state index >= 15 is 0 Å². The molecule has 0 aliphatic carbocycles. The molecule has 23 heavy (non-hydrogen) atoms. The van der Waals surface area contributed by atoms with Crippen molar-refractivity contribution >= 4 is 16.9 Å². The van der Waals surface area contributed by atoms with Crippen LogP contribution in [0.25, 0.3) is 11.0 Å².